The molecule has 2 aliphatic rings. The van der Waals surface area contributed by atoms with Crippen molar-refractivity contribution in [1.29, 1.82) is 0 Å². The largest absolute Gasteiger partial charge is 0.291 e. The molecule has 7 nitrogen and oxygen atoms in total. The summed E-state index contributed by atoms with van der Waals surface area (Å²) < 4.78 is 71.5. The summed E-state index contributed by atoms with van der Waals surface area (Å²) in [6, 6.07) is 10.5. The molecule has 204 valence electrons. The normalized spacial score (nSPS) is 19.1. The zero-order valence-corrected chi connectivity index (χ0v) is 22.1. The Kier molecular flexibility index (Phi) is 6.42. The molecule has 1 aliphatic heterocycles. The topological polar surface area (TPSA) is 85.2 Å². The molecule has 2 aromatic carbocycles. The van der Waals surface area contributed by atoms with Gasteiger partial charge in [0.25, 0.3) is 0 Å². The first kappa shape index (κ1) is 26.1. The molecule has 0 saturated carbocycles. The van der Waals surface area contributed by atoms with Gasteiger partial charge in [0.1, 0.15) is 11.5 Å². The molecule has 6 rings (SSSR count). The van der Waals surface area contributed by atoms with E-state index in [-0.39, 0.29) is 18.1 Å². The van der Waals surface area contributed by atoms with E-state index in [1.54, 1.807) is 42.1 Å². The van der Waals surface area contributed by atoms with Crippen LogP contribution in [0.4, 0.5) is 13.2 Å². The second kappa shape index (κ2) is 9.83. The SMILES string of the molecule is Cc1ccnc(C(=O)[C@@H]2C3Cc4cnn(-c5ccc(F)cc5)c4C=C3CCN2S(=O)(=O)c2ccc(F)c(F)c2)c1. The van der Waals surface area contributed by atoms with Crippen LogP contribution in [0.15, 0.2) is 77.5 Å². The van der Waals surface area contributed by atoms with Crippen LogP contribution < -0.4 is 0 Å². The van der Waals surface area contributed by atoms with Crippen LogP contribution in [0, 0.1) is 30.3 Å². The van der Waals surface area contributed by atoms with Gasteiger partial charge in [0.2, 0.25) is 10.0 Å². The van der Waals surface area contributed by atoms with E-state index in [0.29, 0.717) is 24.6 Å². The molecular weight excluding hydrogens is 541 g/mol. The summed E-state index contributed by atoms with van der Waals surface area (Å²) in [5, 5.41) is 4.47. The number of carbonyl (C=O) groups excluding carboxylic acids is 1. The smallest absolute Gasteiger partial charge is 0.243 e. The number of pyridine rings is 1. The van der Waals surface area contributed by atoms with Gasteiger partial charge in [-0.25, -0.2) is 26.3 Å². The van der Waals surface area contributed by atoms with Gasteiger partial charge in [-0.05, 0) is 91.6 Å². The average Bonchev–Trinajstić information content (AvgIpc) is 3.35. The van der Waals surface area contributed by atoms with Gasteiger partial charge in [-0.15, -0.1) is 0 Å². The van der Waals surface area contributed by atoms with Gasteiger partial charge in [-0.1, -0.05) is 5.57 Å². The number of rotatable bonds is 5. The van der Waals surface area contributed by atoms with E-state index in [0.717, 1.165) is 38.8 Å². The molecule has 1 saturated heterocycles. The summed E-state index contributed by atoms with van der Waals surface area (Å²) in [6.07, 6.45) is 5.68. The Morgan fingerprint density at radius 1 is 1.00 bits per heavy atom. The second-order valence-electron chi connectivity index (χ2n) is 9.94. The number of Topliss-reactive ketones (excluding diaryl/α,β-unsaturated/α-hetero) is 1. The highest BCUT2D eigenvalue weighted by molar-refractivity contribution is 7.89. The van der Waals surface area contributed by atoms with Gasteiger partial charge in [-0.2, -0.15) is 9.40 Å². The molecule has 0 radical (unpaired) electrons. The van der Waals surface area contributed by atoms with Crippen LogP contribution in [0.25, 0.3) is 11.8 Å². The lowest BCUT2D eigenvalue weighted by Gasteiger charge is -2.42. The lowest BCUT2D eigenvalue weighted by molar-refractivity contribution is 0.0821. The predicted octanol–water partition coefficient (Wildman–Crippen LogP) is 4.89. The highest BCUT2D eigenvalue weighted by Gasteiger charge is 2.47. The number of nitrogens with zero attached hydrogens (tertiary/aromatic N) is 4. The van der Waals surface area contributed by atoms with E-state index in [2.05, 4.69) is 10.1 Å². The van der Waals surface area contributed by atoms with E-state index >= 15 is 0 Å². The first-order valence-corrected chi connectivity index (χ1v) is 14.0. The van der Waals surface area contributed by atoms with E-state index in [1.807, 2.05) is 6.08 Å². The number of aryl methyl sites for hydroxylation is 1. The summed E-state index contributed by atoms with van der Waals surface area (Å²) in [5.41, 5.74) is 3.98. The molecule has 4 aromatic rings. The Morgan fingerprint density at radius 3 is 2.50 bits per heavy atom. The van der Waals surface area contributed by atoms with Crippen molar-refractivity contribution in [2.24, 2.45) is 5.92 Å². The molecule has 1 fully saturated rings. The van der Waals surface area contributed by atoms with E-state index in [4.69, 9.17) is 0 Å². The summed E-state index contributed by atoms with van der Waals surface area (Å²) >= 11 is 0. The van der Waals surface area contributed by atoms with Crippen LogP contribution in [0.1, 0.15) is 33.7 Å². The van der Waals surface area contributed by atoms with Crippen molar-refractivity contribution in [3.05, 3.63) is 113 Å². The molecule has 2 atom stereocenters. The maximum absolute atomic E-state index is 14.1. The van der Waals surface area contributed by atoms with Gasteiger partial charge in [0, 0.05) is 18.7 Å². The summed E-state index contributed by atoms with van der Waals surface area (Å²) in [6.45, 7) is 1.75. The quantitative estimate of drug-likeness (QED) is 0.322. The molecule has 11 heteroatoms. The Labute approximate surface area is 228 Å². The number of hydrogen-bond donors (Lipinski definition) is 0. The number of sulfonamides is 1. The van der Waals surface area contributed by atoms with Crippen LogP contribution in [0.5, 0.6) is 0 Å². The maximum atomic E-state index is 14.1. The van der Waals surface area contributed by atoms with Crippen molar-refractivity contribution < 1.29 is 26.4 Å². The molecule has 1 aliphatic carbocycles. The number of fused-ring (bicyclic) bond motifs is 2. The fourth-order valence-electron chi connectivity index (χ4n) is 5.47. The number of benzene rings is 2. The monoisotopic (exact) mass is 564 g/mol. The van der Waals surface area contributed by atoms with Gasteiger partial charge in [0.05, 0.1) is 28.5 Å². The highest BCUT2D eigenvalue weighted by Crippen LogP contribution is 2.41. The first-order valence-electron chi connectivity index (χ1n) is 12.6. The van der Waals surface area contributed by atoms with Crippen LogP contribution in [-0.2, 0) is 16.4 Å². The van der Waals surface area contributed by atoms with Crippen molar-refractivity contribution in [3.8, 4) is 5.69 Å². The highest BCUT2D eigenvalue weighted by atomic mass is 32.2. The molecule has 3 heterocycles. The van der Waals surface area contributed by atoms with Crippen LogP contribution in [-0.4, -0.2) is 45.9 Å². The number of halogens is 3. The zero-order valence-electron chi connectivity index (χ0n) is 21.3. The standard InChI is InChI=1S/C29H23F3N4O3S/c1-17-8-10-33-26(12-17)29(37)28-23-13-19-16-34-36(21-4-2-20(30)3-5-21)27(19)14-18(23)9-11-35(28)40(38,39)22-6-7-24(31)25(32)15-22/h2-8,10,12,14-16,23,28H,9,11,13H2,1H3/t23?,28-/m0/s1. The third kappa shape index (κ3) is 4.44. The molecule has 2 aromatic heterocycles. The Balaban J connectivity index is 1.44. The van der Waals surface area contributed by atoms with Crippen molar-refractivity contribution in [2.45, 2.75) is 30.7 Å². The van der Waals surface area contributed by atoms with Crippen LogP contribution >= 0.6 is 0 Å². The zero-order chi connectivity index (χ0) is 28.2. The maximum Gasteiger partial charge on any atom is 0.243 e. The second-order valence-corrected chi connectivity index (χ2v) is 11.8. The van der Waals surface area contributed by atoms with Crippen molar-refractivity contribution in [1.82, 2.24) is 19.1 Å². The molecule has 0 amide bonds. The lowest BCUT2D eigenvalue weighted by atomic mass is 9.76. The fraction of sp³-hybridized carbons (Fsp3) is 0.207. The third-order valence-electron chi connectivity index (χ3n) is 7.44. The molecular formula is C29H23F3N4O3S. The summed E-state index contributed by atoms with van der Waals surface area (Å²) in [5.74, 6) is -3.86. The minimum Gasteiger partial charge on any atom is -0.291 e. The van der Waals surface area contributed by atoms with Gasteiger partial charge in [0.15, 0.2) is 17.4 Å². The minimum absolute atomic E-state index is 0.0497. The Morgan fingerprint density at radius 2 is 1.77 bits per heavy atom. The summed E-state index contributed by atoms with van der Waals surface area (Å²) in [7, 11) is -4.39. The average molecular weight is 565 g/mol. The third-order valence-corrected chi connectivity index (χ3v) is 9.32. The lowest BCUT2D eigenvalue weighted by Crippen LogP contribution is -2.54. The van der Waals surface area contributed by atoms with Gasteiger partial charge in [-0.3, -0.25) is 9.78 Å². The van der Waals surface area contributed by atoms with E-state index in [1.165, 1.54) is 18.3 Å². The van der Waals surface area contributed by atoms with E-state index in [9.17, 15) is 26.4 Å². The van der Waals surface area contributed by atoms with Gasteiger partial charge < -0.3 is 0 Å². The van der Waals surface area contributed by atoms with Crippen molar-refractivity contribution in [2.75, 3.05) is 6.54 Å². The van der Waals surface area contributed by atoms with Crippen molar-refractivity contribution in [3.63, 3.8) is 0 Å². The number of aromatic nitrogens is 3. The summed E-state index contributed by atoms with van der Waals surface area (Å²) in [4.78, 5) is 17.8. The number of carbonyl (C=O) groups is 1. The minimum atomic E-state index is -4.39. The number of hydrogen-bond acceptors (Lipinski definition) is 5. The Hall–Kier alpha value is -4.09. The molecule has 1 unspecified atom stereocenters. The van der Waals surface area contributed by atoms with E-state index < -0.39 is 44.3 Å². The fourth-order valence-corrected chi connectivity index (χ4v) is 7.11. The first-order chi connectivity index (χ1) is 19.1. The molecule has 0 N–H and O–H groups in total. The van der Waals surface area contributed by atoms with Crippen molar-refractivity contribution >= 4 is 21.9 Å². The molecule has 40 heavy (non-hydrogen) atoms. The predicted molar refractivity (Wildman–Crippen MR) is 141 cm³/mol. The van der Waals surface area contributed by atoms with Crippen LogP contribution in [0.2, 0.25) is 0 Å². The number of piperidine rings is 1. The van der Waals surface area contributed by atoms with Gasteiger partial charge >= 0.3 is 0 Å². The number of ketones is 1. The molecule has 0 spiro atoms. The molecule has 0 bridgehead atoms. The Bertz CT molecular complexity index is 1780. The van der Waals surface area contributed by atoms with Crippen LogP contribution in [0.3, 0.4) is 0 Å².